The number of amides is 4. The van der Waals surface area contributed by atoms with E-state index in [4.69, 9.17) is 0 Å². The number of fused-ring (bicyclic) bond motifs is 1. The minimum Gasteiger partial charge on any atom is -0.340 e. The fourth-order valence-corrected chi connectivity index (χ4v) is 3.52. The maximum Gasteiger partial charge on any atom is 0.326 e. The van der Waals surface area contributed by atoms with Crippen LogP contribution in [0.25, 0.3) is 11.4 Å². The molecule has 2 aromatic heterocycles. The van der Waals surface area contributed by atoms with Crippen molar-refractivity contribution in [3.05, 3.63) is 35.9 Å². The summed E-state index contributed by atoms with van der Waals surface area (Å²) in [4.78, 5) is 52.8. The van der Waals surface area contributed by atoms with Crippen molar-refractivity contribution in [2.75, 3.05) is 20.6 Å². The van der Waals surface area contributed by atoms with Crippen molar-refractivity contribution in [3.63, 3.8) is 0 Å². The molecule has 4 amide bonds. The third-order valence-corrected chi connectivity index (χ3v) is 5.16. The summed E-state index contributed by atoms with van der Waals surface area (Å²) < 4.78 is 0. The molecule has 9 nitrogen and oxygen atoms in total. The third kappa shape index (κ3) is 2.94. The highest BCUT2D eigenvalue weighted by molar-refractivity contribution is 6.05. The van der Waals surface area contributed by atoms with Crippen molar-refractivity contribution in [2.45, 2.75) is 25.4 Å². The van der Waals surface area contributed by atoms with Crippen LogP contribution >= 0.6 is 0 Å². The van der Waals surface area contributed by atoms with Gasteiger partial charge in [0.25, 0.3) is 5.91 Å². The SMILES string of the molecule is CN1C(=O)C(CC(=O)N2CCc3nc(-c4cccnc4)[nH]c3C2)N(C)C1=O. The van der Waals surface area contributed by atoms with Gasteiger partial charge in [-0.25, -0.2) is 9.78 Å². The van der Waals surface area contributed by atoms with Crippen LogP contribution in [0.2, 0.25) is 0 Å². The number of imide groups is 1. The maximum absolute atomic E-state index is 12.7. The number of H-pyrrole nitrogens is 1. The van der Waals surface area contributed by atoms with Gasteiger partial charge in [0.1, 0.15) is 11.9 Å². The molecule has 9 heteroatoms. The summed E-state index contributed by atoms with van der Waals surface area (Å²) in [6, 6.07) is 2.66. The van der Waals surface area contributed by atoms with E-state index in [1.54, 1.807) is 24.3 Å². The number of aromatic nitrogens is 3. The van der Waals surface area contributed by atoms with E-state index < -0.39 is 6.04 Å². The second-order valence-electron chi connectivity index (χ2n) is 6.83. The average molecular weight is 368 g/mol. The van der Waals surface area contributed by atoms with Crippen LogP contribution in [0.5, 0.6) is 0 Å². The van der Waals surface area contributed by atoms with Crippen molar-refractivity contribution in [3.8, 4) is 11.4 Å². The molecule has 1 atom stereocenters. The van der Waals surface area contributed by atoms with Gasteiger partial charge in [-0.15, -0.1) is 0 Å². The first-order valence-corrected chi connectivity index (χ1v) is 8.76. The summed E-state index contributed by atoms with van der Waals surface area (Å²) in [7, 11) is 2.98. The van der Waals surface area contributed by atoms with Crippen molar-refractivity contribution < 1.29 is 14.4 Å². The molecule has 1 saturated heterocycles. The summed E-state index contributed by atoms with van der Waals surface area (Å²) >= 11 is 0. The van der Waals surface area contributed by atoms with Crippen molar-refractivity contribution in [2.24, 2.45) is 0 Å². The molecule has 0 aromatic carbocycles. The highest BCUT2D eigenvalue weighted by Gasteiger charge is 2.42. The zero-order chi connectivity index (χ0) is 19.1. The van der Waals surface area contributed by atoms with Gasteiger partial charge in [0.15, 0.2) is 0 Å². The lowest BCUT2D eigenvalue weighted by Crippen LogP contribution is -2.41. The smallest absolute Gasteiger partial charge is 0.326 e. The van der Waals surface area contributed by atoms with E-state index >= 15 is 0 Å². The molecule has 2 aromatic rings. The summed E-state index contributed by atoms with van der Waals surface area (Å²) in [5.74, 6) is 0.251. The first-order chi connectivity index (χ1) is 13.0. The van der Waals surface area contributed by atoms with E-state index in [2.05, 4.69) is 15.0 Å². The molecule has 0 aliphatic carbocycles. The van der Waals surface area contributed by atoms with E-state index in [1.807, 2.05) is 12.1 Å². The van der Waals surface area contributed by atoms with E-state index in [1.165, 1.54) is 11.9 Å². The van der Waals surface area contributed by atoms with E-state index in [0.29, 0.717) is 19.5 Å². The molecule has 2 aliphatic rings. The van der Waals surface area contributed by atoms with Crippen molar-refractivity contribution in [1.29, 1.82) is 0 Å². The Labute approximate surface area is 156 Å². The number of aromatic amines is 1. The first kappa shape index (κ1) is 17.2. The lowest BCUT2D eigenvalue weighted by Gasteiger charge is -2.27. The topological polar surface area (TPSA) is 102 Å². The van der Waals surface area contributed by atoms with E-state index in [-0.39, 0.29) is 24.3 Å². The van der Waals surface area contributed by atoms with Crippen LogP contribution in [-0.4, -0.2) is 74.2 Å². The number of urea groups is 1. The van der Waals surface area contributed by atoms with Gasteiger partial charge >= 0.3 is 6.03 Å². The van der Waals surface area contributed by atoms with Gasteiger partial charge < -0.3 is 14.8 Å². The molecule has 0 spiro atoms. The van der Waals surface area contributed by atoms with Crippen molar-refractivity contribution in [1.82, 2.24) is 29.7 Å². The summed E-state index contributed by atoms with van der Waals surface area (Å²) in [5, 5.41) is 0. The van der Waals surface area contributed by atoms with Gasteiger partial charge in [0.2, 0.25) is 5.91 Å². The molecular weight excluding hydrogens is 348 g/mol. The van der Waals surface area contributed by atoms with Crippen LogP contribution in [0.4, 0.5) is 4.79 Å². The second kappa shape index (κ2) is 6.49. The van der Waals surface area contributed by atoms with Gasteiger partial charge in [-0.05, 0) is 12.1 Å². The number of hydrogen-bond donors (Lipinski definition) is 1. The number of carbonyl (C=O) groups is 3. The average Bonchev–Trinajstić information content (AvgIpc) is 3.20. The number of likely N-dealkylation sites (N-methyl/N-ethyl adjacent to an activating group) is 2. The standard InChI is InChI=1S/C18H20N6O3/c1-22-14(17(26)23(2)18(22)27)8-15(25)24-7-5-12-13(10-24)21-16(20-12)11-4-3-6-19-9-11/h3-4,6,9,14H,5,7-8,10H2,1-2H3,(H,20,21). The predicted octanol–water partition coefficient (Wildman–Crippen LogP) is 0.639. The first-order valence-electron chi connectivity index (χ1n) is 8.76. The molecule has 1 fully saturated rings. The van der Waals surface area contributed by atoms with Crippen LogP contribution < -0.4 is 0 Å². The number of pyridine rings is 1. The lowest BCUT2D eigenvalue weighted by atomic mass is 10.1. The van der Waals surface area contributed by atoms with Crippen LogP contribution in [0.1, 0.15) is 17.8 Å². The highest BCUT2D eigenvalue weighted by Crippen LogP contribution is 2.24. The Morgan fingerprint density at radius 2 is 2.15 bits per heavy atom. The monoisotopic (exact) mass is 368 g/mol. The molecule has 0 bridgehead atoms. The molecule has 0 saturated carbocycles. The quantitative estimate of drug-likeness (QED) is 0.801. The largest absolute Gasteiger partial charge is 0.340 e. The van der Waals surface area contributed by atoms with Crippen molar-refractivity contribution >= 4 is 17.8 Å². The molecule has 4 heterocycles. The number of hydrogen-bond acceptors (Lipinski definition) is 5. The minimum atomic E-state index is -0.732. The molecule has 4 rings (SSSR count). The molecule has 0 radical (unpaired) electrons. The number of rotatable bonds is 3. The molecule has 140 valence electrons. The normalized spacial score (nSPS) is 19.6. The third-order valence-electron chi connectivity index (χ3n) is 5.16. The fraction of sp³-hybridized carbons (Fsp3) is 0.389. The van der Waals surface area contributed by atoms with Gasteiger partial charge in [-0.2, -0.15) is 0 Å². The predicted molar refractivity (Wildman–Crippen MR) is 95.3 cm³/mol. The Bertz CT molecular complexity index is 909. The molecule has 2 aliphatic heterocycles. The second-order valence-corrected chi connectivity index (χ2v) is 6.83. The van der Waals surface area contributed by atoms with Gasteiger partial charge in [-0.1, -0.05) is 0 Å². The Balaban J connectivity index is 1.47. The van der Waals surface area contributed by atoms with E-state index in [9.17, 15) is 14.4 Å². The Morgan fingerprint density at radius 1 is 1.33 bits per heavy atom. The van der Waals surface area contributed by atoms with Gasteiger partial charge in [0, 0.05) is 45.0 Å². The maximum atomic E-state index is 12.7. The van der Waals surface area contributed by atoms with Crippen LogP contribution in [-0.2, 0) is 22.6 Å². The molecule has 27 heavy (non-hydrogen) atoms. The van der Waals surface area contributed by atoms with Crippen LogP contribution in [0.3, 0.4) is 0 Å². The van der Waals surface area contributed by atoms with Crippen LogP contribution in [0.15, 0.2) is 24.5 Å². The fourth-order valence-electron chi connectivity index (χ4n) is 3.52. The summed E-state index contributed by atoms with van der Waals surface area (Å²) in [6.45, 7) is 0.952. The Morgan fingerprint density at radius 3 is 2.81 bits per heavy atom. The number of nitrogens with zero attached hydrogens (tertiary/aromatic N) is 5. The zero-order valence-electron chi connectivity index (χ0n) is 15.2. The Hall–Kier alpha value is -3.23. The van der Waals surface area contributed by atoms with Gasteiger partial charge in [-0.3, -0.25) is 19.5 Å². The molecule has 1 unspecified atom stereocenters. The van der Waals surface area contributed by atoms with Crippen LogP contribution in [0, 0.1) is 0 Å². The minimum absolute atomic E-state index is 0.00958. The van der Waals surface area contributed by atoms with E-state index in [0.717, 1.165) is 27.7 Å². The summed E-state index contributed by atoms with van der Waals surface area (Å²) in [5.41, 5.74) is 2.74. The highest BCUT2D eigenvalue weighted by atomic mass is 16.2. The molecule has 1 N–H and O–H groups in total. The molecular formula is C18H20N6O3. The number of imidazole rings is 1. The summed E-state index contributed by atoms with van der Waals surface area (Å²) in [6.07, 6.45) is 4.08. The van der Waals surface area contributed by atoms with Gasteiger partial charge in [0.05, 0.1) is 24.4 Å². The number of nitrogens with one attached hydrogen (secondary N) is 1. The lowest BCUT2D eigenvalue weighted by molar-refractivity contribution is -0.137. The zero-order valence-corrected chi connectivity index (χ0v) is 15.2. The Kier molecular flexibility index (Phi) is 4.14. The number of carbonyl (C=O) groups excluding carboxylic acids is 3.